The van der Waals surface area contributed by atoms with Crippen LogP contribution in [0.5, 0.6) is 0 Å². The van der Waals surface area contributed by atoms with Crippen molar-refractivity contribution in [2.45, 2.75) is 32.1 Å². The van der Waals surface area contributed by atoms with Gasteiger partial charge in [0, 0.05) is 46.2 Å². The second kappa shape index (κ2) is 8.94. The number of nitrogens with zero attached hydrogens (tertiary/aromatic N) is 3. The second-order valence-corrected chi connectivity index (χ2v) is 7.01. The van der Waals surface area contributed by atoms with Crippen LogP contribution >= 0.6 is 0 Å². The molecule has 0 N–H and O–H groups in total. The van der Waals surface area contributed by atoms with E-state index in [0.717, 1.165) is 37.8 Å². The van der Waals surface area contributed by atoms with Crippen LogP contribution in [0.3, 0.4) is 0 Å². The van der Waals surface area contributed by atoms with Crippen molar-refractivity contribution in [2.75, 3.05) is 40.9 Å². The number of amides is 2. The van der Waals surface area contributed by atoms with Crippen LogP contribution in [-0.2, 0) is 20.7 Å². The number of ether oxygens (including phenoxy) is 1. The van der Waals surface area contributed by atoms with Gasteiger partial charge < -0.3 is 14.5 Å². The number of rotatable bonds is 7. The van der Waals surface area contributed by atoms with Crippen LogP contribution in [0.4, 0.5) is 0 Å². The first-order valence-corrected chi connectivity index (χ1v) is 8.87. The van der Waals surface area contributed by atoms with Gasteiger partial charge in [0.05, 0.1) is 5.41 Å². The average molecular weight is 347 g/mol. The highest BCUT2D eigenvalue weighted by molar-refractivity contribution is 5.84. The van der Waals surface area contributed by atoms with E-state index in [9.17, 15) is 9.59 Å². The quantitative estimate of drug-likeness (QED) is 0.754. The maximum Gasteiger partial charge on any atom is 0.248 e. The number of likely N-dealkylation sites (tertiary alicyclic amines) is 1. The predicted molar refractivity (Wildman–Crippen MR) is 96.0 cm³/mol. The maximum absolute atomic E-state index is 12.9. The Morgan fingerprint density at radius 1 is 1.36 bits per heavy atom. The zero-order valence-electron chi connectivity index (χ0n) is 15.5. The first kappa shape index (κ1) is 19.4. The Morgan fingerprint density at radius 2 is 2.16 bits per heavy atom. The SMILES string of the molecule is COCC(=O)N1CCCC(CCCc2ccccn2)(C(=O)N(C)C)C1. The van der Waals surface area contributed by atoms with E-state index in [-0.39, 0.29) is 18.4 Å². The van der Waals surface area contributed by atoms with Crippen LogP contribution in [-0.4, -0.2) is 67.5 Å². The lowest BCUT2D eigenvalue weighted by molar-refractivity contribution is -0.149. The predicted octanol–water partition coefficient (Wildman–Crippen LogP) is 1.75. The topological polar surface area (TPSA) is 62.7 Å². The van der Waals surface area contributed by atoms with Crippen molar-refractivity contribution in [2.24, 2.45) is 5.41 Å². The first-order chi connectivity index (χ1) is 12.0. The molecular formula is C19H29N3O3. The molecule has 1 atom stereocenters. The van der Waals surface area contributed by atoms with Crippen molar-refractivity contribution < 1.29 is 14.3 Å². The van der Waals surface area contributed by atoms with Crippen molar-refractivity contribution in [3.05, 3.63) is 30.1 Å². The molecule has 0 bridgehead atoms. The number of pyridine rings is 1. The summed E-state index contributed by atoms with van der Waals surface area (Å²) in [6.07, 6.45) is 5.94. The summed E-state index contributed by atoms with van der Waals surface area (Å²) in [6.45, 7) is 1.25. The van der Waals surface area contributed by atoms with Gasteiger partial charge in [0.1, 0.15) is 6.61 Å². The Bertz CT molecular complexity index is 577. The average Bonchev–Trinajstić information content (AvgIpc) is 2.62. The summed E-state index contributed by atoms with van der Waals surface area (Å²) in [7, 11) is 5.10. The summed E-state index contributed by atoms with van der Waals surface area (Å²) in [6, 6.07) is 5.89. The number of piperidine rings is 1. The van der Waals surface area contributed by atoms with Gasteiger partial charge in [0.15, 0.2) is 0 Å². The molecule has 0 radical (unpaired) electrons. The van der Waals surface area contributed by atoms with Crippen molar-refractivity contribution in [1.82, 2.24) is 14.8 Å². The third-order valence-electron chi connectivity index (χ3n) is 4.87. The molecule has 1 unspecified atom stereocenters. The molecule has 0 spiro atoms. The summed E-state index contributed by atoms with van der Waals surface area (Å²) in [5.74, 6) is 0.0753. The Hall–Kier alpha value is -1.95. The molecule has 0 saturated carbocycles. The molecule has 1 aromatic heterocycles. The molecule has 2 heterocycles. The summed E-state index contributed by atoms with van der Waals surface area (Å²) >= 11 is 0. The van der Waals surface area contributed by atoms with Gasteiger partial charge in [-0.2, -0.15) is 0 Å². The van der Waals surface area contributed by atoms with Gasteiger partial charge in [-0.05, 0) is 44.2 Å². The van der Waals surface area contributed by atoms with Crippen molar-refractivity contribution in [3.8, 4) is 0 Å². The van der Waals surface area contributed by atoms with Gasteiger partial charge in [-0.1, -0.05) is 6.07 Å². The standard InChI is InChI=1S/C19H29N3O3/c1-21(2)18(24)19(10-6-9-16-8-4-5-12-20-16)11-7-13-22(15-19)17(23)14-25-3/h4-5,8,12H,6-7,9-11,13-15H2,1-3H3. The highest BCUT2D eigenvalue weighted by Gasteiger charge is 2.43. The summed E-state index contributed by atoms with van der Waals surface area (Å²) in [5.41, 5.74) is 0.540. The van der Waals surface area contributed by atoms with Crippen molar-refractivity contribution >= 4 is 11.8 Å². The third-order valence-corrected chi connectivity index (χ3v) is 4.87. The Labute approximate surface area is 150 Å². The molecular weight excluding hydrogens is 318 g/mol. The Balaban J connectivity index is 2.08. The minimum absolute atomic E-state index is 0.0390. The number of aryl methyl sites for hydroxylation is 1. The largest absolute Gasteiger partial charge is 0.375 e. The fraction of sp³-hybridized carbons (Fsp3) is 0.632. The fourth-order valence-corrected chi connectivity index (χ4v) is 3.67. The zero-order chi connectivity index (χ0) is 18.3. The van der Waals surface area contributed by atoms with Gasteiger partial charge in [0.2, 0.25) is 11.8 Å². The van der Waals surface area contributed by atoms with Crippen LogP contribution in [0, 0.1) is 5.41 Å². The van der Waals surface area contributed by atoms with Crippen LogP contribution in [0.2, 0.25) is 0 Å². The molecule has 6 nitrogen and oxygen atoms in total. The molecule has 1 saturated heterocycles. The van der Waals surface area contributed by atoms with Crippen LogP contribution < -0.4 is 0 Å². The smallest absolute Gasteiger partial charge is 0.248 e. The molecule has 25 heavy (non-hydrogen) atoms. The molecule has 2 rings (SSSR count). The monoisotopic (exact) mass is 347 g/mol. The third kappa shape index (κ3) is 5.01. The van der Waals surface area contributed by atoms with Gasteiger partial charge in [-0.25, -0.2) is 0 Å². The normalized spacial score (nSPS) is 20.4. The molecule has 1 aliphatic heterocycles. The molecule has 1 aromatic rings. The number of aromatic nitrogens is 1. The fourth-order valence-electron chi connectivity index (χ4n) is 3.67. The number of hydrogen-bond donors (Lipinski definition) is 0. The molecule has 2 amide bonds. The molecule has 0 aromatic carbocycles. The van der Waals surface area contributed by atoms with Crippen LogP contribution in [0.25, 0.3) is 0 Å². The first-order valence-electron chi connectivity index (χ1n) is 8.87. The molecule has 138 valence electrons. The lowest BCUT2D eigenvalue weighted by Gasteiger charge is -2.43. The van der Waals surface area contributed by atoms with Crippen LogP contribution in [0.15, 0.2) is 24.4 Å². The summed E-state index contributed by atoms with van der Waals surface area (Å²) < 4.78 is 4.98. The van der Waals surface area contributed by atoms with E-state index in [1.54, 1.807) is 30.1 Å². The van der Waals surface area contributed by atoms with Crippen molar-refractivity contribution in [1.29, 1.82) is 0 Å². The number of hydrogen-bond acceptors (Lipinski definition) is 4. The van der Waals surface area contributed by atoms with E-state index in [1.807, 2.05) is 18.2 Å². The van der Waals surface area contributed by atoms with E-state index < -0.39 is 5.41 Å². The number of carbonyl (C=O) groups is 2. The summed E-state index contributed by atoms with van der Waals surface area (Å²) in [4.78, 5) is 33.0. The van der Waals surface area contributed by atoms with E-state index in [1.165, 1.54) is 7.11 Å². The van der Waals surface area contributed by atoms with Crippen LogP contribution in [0.1, 0.15) is 31.4 Å². The molecule has 1 fully saturated rings. The minimum atomic E-state index is -0.500. The lowest BCUT2D eigenvalue weighted by atomic mass is 9.74. The lowest BCUT2D eigenvalue weighted by Crippen LogP contribution is -2.53. The Kier molecular flexibility index (Phi) is 6.93. The minimum Gasteiger partial charge on any atom is -0.375 e. The van der Waals surface area contributed by atoms with Gasteiger partial charge in [-0.3, -0.25) is 14.6 Å². The Morgan fingerprint density at radius 3 is 2.80 bits per heavy atom. The van der Waals surface area contributed by atoms with E-state index in [2.05, 4.69) is 4.98 Å². The van der Waals surface area contributed by atoms with Crippen molar-refractivity contribution in [3.63, 3.8) is 0 Å². The van der Waals surface area contributed by atoms with E-state index >= 15 is 0 Å². The number of carbonyl (C=O) groups excluding carboxylic acids is 2. The zero-order valence-corrected chi connectivity index (χ0v) is 15.5. The second-order valence-electron chi connectivity index (χ2n) is 7.01. The maximum atomic E-state index is 12.9. The molecule has 1 aliphatic rings. The highest BCUT2D eigenvalue weighted by Crippen LogP contribution is 2.36. The summed E-state index contributed by atoms with van der Waals surface area (Å²) in [5, 5.41) is 0. The molecule has 0 aliphatic carbocycles. The van der Waals surface area contributed by atoms with Gasteiger partial charge >= 0.3 is 0 Å². The van der Waals surface area contributed by atoms with Gasteiger partial charge in [0.25, 0.3) is 0 Å². The van der Waals surface area contributed by atoms with E-state index in [4.69, 9.17) is 4.74 Å². The molecule has 6 heteroatoms. The van der Waals surface area contributed by atoms with E-state index in [0.29, 0.717) is 13.1 Å². The number of methoxy groups -OCH3 is 1. The highest BCUT2D eigenvalue weighted by atomic mass is 16.5. The van der Waals surface area contributed by atoms with Gasteiger partial charge in [-0.15, -0.1) is 0 Å².